The Balaban J connectivity index is 0.00000272. The van der Waals surface area contributed by atoms with Gasteiger partial charge in [0, 0.05) is 57.3 Å². The van der Waals surface area contributed by atoms with E-state index in [2.05, 4.69) is 19.8 Å². The van der Waals surface area contributed by atoms with E-state index in [9.17, 15) is 14.7 Å². The molecule has 1 aliphatic rings. The molecule has 1 fully saturated rings. The number of nitrogens with two attached hydrogens (primary N) is 1. The van der Waals surface area contributed by atoms with E-state index in [-0.39, 0.29) is 62.3 Å². The number of carbonyl (C=O) groups is 1. The zero-order valence-corrected chi connectivity index (χ0v) is 20.9. The Bertz CT molecular complexity index is 1140. The molecule has 4 rings (SSSR count). The molecule has 0 saturated carbocycles. The van der Waals surface area contributed by atoms with Gasteiger partial charge in [-0.3, -0.25) is 9.69 Å². The Kier molecular flexibility index (Phi) is 7.84. The van der Waals surface area contributed by atoms with Crippen molar-refractivity contribution in [3.8, 4) is 0 Å². The van der Waals surface area contributed by atoms with Crippen LogP contribution in [-0.4, -0.2) is 51.6 Å². The normalized spacial score (nSPS) is 14.4. The van der Waals surface area contributed by atoms with Crippen molar-refractivity contribution in [3.05, 3.63) is 58.0 Å². The molecule has 9 nitrogen and oxygen atoms in total. The van der Waals surface area contributed by atoms with E-state index in [0.29, 0.717) is 18.1 Å². The molecule has 0 bridgehead atoms. The van der Waals surface area contributed by atoms with E-state index in [1.54, 1.807) is 4.57 Å². The predicted octanol–water partition coefficient (Wildman–Crippen LogP) is -2.92. The summed E-state index contributed by atoms with van der Waals surface area (Å²) >= 11 is 0. The third-order valence-corrected chi connectivity index (χ3v) is 5.40. The largest absolute Gasteiger partial charge is 1.00 e. The summed E-state index contributed by atoms with van der Waals surface area (Å²) < 4.78 is 1.64. The van der Waals surface area contributed by atoms with Crippen molar-refractivity contribution in [1.82, 2.24) is 19.4 Å². The number of fused-ring (bicyclic) bond motifs is 1. The molecule has 0 spiro atoms. The molecule has 2 N–H and O–H groups in total. The van der Waals surface area contributed by atoms with Gasteiger partial charge in [0.2, 0.25) is 11.4 Å². The van der Waals surface area contributed by atoms with Crippen molar-refractivity contribution in [2.45, 2.75) is 20.0 Å². The second kappa shape index (κ2) is 10.2. The summed E-state index contributed by atoms with van der Waals surface area (Å²) in [6, 6.07) is 7.90. The third kappa shape index (κ3) is 5.16. The second-order valence-electron chi connectivity index (χ2n) is 7.36. The van der Waals surface area contributed by atoms with Gasteiger partial charge >= 0.3 is 51.4 Å². The Morgan fingerprint density at radius 1 is 1.16 bits per heavy atom. The van der Waals surface area contributed by atoms with Gasteiger partial charge in [-0.2, -0.15) is 4.98 Å². The van der Waals surface area contributed by atoms with Gasteiger partial charge in [-0.05, 0) is 24.6 Å². The van der Waals surface area contributed by atoms with E-state index < -0.39 is 11.4 Å². The number of aromatic carboxylic acids is 1. The maximum atomic E-state index is 12.4. The predicted molar refractivity (Wildman–Crippen MR) is 112 cm³/mol. The van der Waals surface area contributed by atoms with Gasteiger partial charge in [0.15, 0.2) is 0 Å². The van der Waals surface area contributed by atoms with Gasteiger partial charge in [0.25, 0.3) is 0 Å². The number of carboxylic acids is 1. The van der Waals surface area contributed by atoms with Crippen LogP contribution in [0.2, 0.25) is 0 Å². The molecule has 2 aromatic heterocycles. The van der Waals surface area contributed by atoms with Crippen molar-refractivity contribution >= 4 is 28.6 Å². The number of rotatable bonds is 5. The van der Waals surface area contributed by atoms with Crippen molar-refractivity contribution in [3.63, 3.8) is 0 Å². The Hall–Kier alpha value is -1.82. The van der Waals surface area contributed by atoms with Crippen LogP contribution in [0, 0.1) is 0 Å². The number of aryl methyl sites for hydroxylation is 1. The van der Waals surface area contributed by atoms with Crippen LogP contribution in [0.25, 0.3) is 11.0 Å². The first-order valence-corrected chi connectivity index (χ1v) is 9.89. The number of aromatic nitrogens is 3. The standard InChI is InChI=1S/C21H24N6O3.K/c1-2-26-13-17(20(29)30)18(28)16-11-23-21(24-19(16)26)27-9-7-25(8-10-27)12-14-3-5-15(22)6-4-14;/h3-6,11,13H,2,7-10,12,22H2,1H3,(H,29,30);/q;+1/p-1. The zero-order valence-electron chi connectivity index (χ0n) is 17.7. The van der Waals surface area contributed by atoms with Gasteiger partial charge in [-0.15, -0.1) is 0 Å². The summed E-state index contributed by atoms with van der Waals surface area (Å²) in [4.78, 5) is 37.0. The van der Waals surface area contributed by atoms with Crippen LogP contribution >= 0.6 is 0 Å². The van der Waals surface area contributed by atoms with Crippen LogP contribution in [0.3, 0.4) is 0 Å². The number of piperazine rings is 1. The van der Waals surface area contributed by atoms with Crippen molar-refractivity contribution in [2.24, 2.45) is 0 Å². The van der Waals surface area contributed by atoms with E-state index in [1.165, 1.54) is 18.0 Å². The van der Waals surface area contributed by atoms with Crippen LogP contribution in [0.4, 0.5) is 11.6 Å². The fourth-order valence-electron chi connectivity index (χ4n) is 3.69. The fourth-order valence-corrected chi connectivity index (χ4v) is 3.69. The summed E-state index contributed by atoms with van der Waals surface area (Å²) in [5.41, 5.74) is 7.16. The van der Waals surface area contributed by atoms with Crippen LogP contribution in [-0.2, 0) is 13.1 Å². The molecule has 10 heteroatoms. The molecule has 0 radical (unpaired) electrons. The Labute approximate surface area is 222 Å². The number of nitrogens with zero attached hydrogens (tertiary/aromatic N) is 5. The first-order valence-electron chi connectivity index (χ1n) is 9.89. The summed E-state index contributed by atoms with van der Waals surface area (Å²) in [7, 11) is 0. The van der Waals surface area contributed by atoms with E-state index in [1.807, 2.05) is 31.2 Å². The number of benzene rings is 1. The summed E-state index contributed by atoms with van der Waals surface area (Å²) in [6.45, 7) is 6.42. The summed E-state index contributed by atoms with van der Waals surface area (Å²) in [5, 5.41) is 11.4. The quantitative estimate of drug-likeness (QED) is 0.327. The Morgan fingerprint density at radius 3 is 2.45 bits per heavy atom. The maximum Gasteiger partial charge on any atom is 1.00 e. The molecule has 1 aromatic carbocycles. The number of pyridine rings is 1. The average Bonchev–Trinajstić information content (AvgIpc) is 2.76. The van der Waals surface area contributed by atoms with Gasteiger partial charge in [-0.25, -0.2) is 4.98 Å². The average molecular weight is 447 g/mol. The molecular formula is C21H23KN6O3. The van der Waals surface area contributed by atoms with Gasteiger partial charge in [0.1, 0.15) is 5.65 Å². The number of hydrogen-bond donors (Lipinski definition) is 1. The number of carboxylic acid groups (broad SMARTS) is 1. The molecular weight excluding hydrogens is 423 g/mol. The van der Waals surface area contributed by atoms with Gasteiger partial charge < -0.3 is 25.1 Å². The fraction of sp³-hybridized carbons (Fsp3) is 0.333. The van der Waals surface area contributed by atoms with E-state index in [0.717, 1.165) is 38.4 Å². The second-order valence-corrected chi connectivity index (χ2v) is 7.36. The van der Waals surface area contributed by atoms with Crippen LogP contribution in [0.5, 0.6) is 0 Å². The molecule has 3 heterocycles. The molecule has 0 unspecified atom stereocenters. The molecule has 0 amide bonds. The summed E-state index contributed by atoms with van der Waals surface area (Å²) in [6.07, 6.45) is 2.71. The molecule has 3 aromatic rings. The molecule has 1 saturated heterocycles. The van der Waals surface area contributed by atoms with Crippen LogP contribution in [0.15, 0.2) is 41.5 Å². The Morgan fingerprint density at radius 2 is 1.84 bits per heavy atom. The number of nitrogen functional groups attached to an aromatic ring is 1. The molecule has 1 aliphatic heterocycles. The maximum absolute atomic E-state index is 12.4. The van der Waals surface area contributed by atoms with Crippen molar-refractivity contribution in [1.29, 1.82) is 0 Å². The molecule has 0 atom stereocenters. The van der Waals surface area contributed by atoms with Crippen LogP contribution in [0.1, 0.15) is 22.8 Å². The van der Waals surface area contributed by atoms with Gasteiger partial charge in [-0.1, -0.05) is 12.1 Å². The van der Waals surface area contributed by atoms with E-state index in [4.69, 9.17) is 5.73 Å². The third-order valence-electron chi connectivity index (χ3n) is 5.40. The first kappa shape index (κ1) is 23.8. The summed E-state index contributed by atoms with van der Waals surface area (Å²) in [5.74, 6) is -0.956. The topological polar surface area (TPSA) is 120 Å². The smallest absolute Gasteiger partial charge is 0.545 e. The minimum absolute atomic E-state index is 0. The van der Waals surface area contributed by atoms with Gasteiger partial charge in [0.05, 0.1) is 16.9 Å². The number of anilines is 2. The van der Waals surface area contributed by atoms with Crippen LogP contribution < -0.4 is 72.6 Å². The molecule has 0 aliphatic carbocycles. The zero-order chi connectivity index (χ0) is 21.3. The van der Waals surface area contributed by atoms with Crippen molar-refractivity contribution < 1.29 is 61.3 Å². The molecule has 31 heavy (non-hydrogen) atoms. The SMILES string of the molecule is CCn1cc(C(=O)[O-])c(=O)c2cnc(N3CCN(Cc4ccc(N)cc4)CC3)nc21.[K+]. The van der Waals surface area contributed by atoms with Crippen molar-refractivity contribution in [2.75, 3.05) is 36.8 Å². The number of hydrogen-bond acceptors (Lipinski definition) is 8. The first-order chi connectivity index (χ1) is 14.5. The monoisotopic (exact) mass is 446 g/mol. The molecule has 156 valence electrons. The number of carbonyl (C=O) groups excluding carboxylic acids is 1. The minimum Gasteiger partial charge on any atom is -0.545 e. The minimum atomic E-state index is -1.49. The van der Waals surface area contributed by atoms with E-state index >= 15 is 0 Å².